The highest BCUT2D eigenvalue weighted by Crippen LogP contribution is 2.18. The Morgan fingerprint density at radius 3 is 2.45 bits per heavy atom. The predicted molar refractivity (Wildman–Crippen MR) is 80.8 cm³/mol. The van der Waals surface area contributed by atoms with Crippen LogP contribution < -0.4 is 0 Å². The SMILES string of the molecule is Cc1ccc(C(=O)N(C#N)Cc2ccccc2Br)cc1. The molecule has 0 radical (unpaired) electrons. The van der Waals surface area contributed by atoms with Crippen LogP contribution in [0.2, 0.25) is 0 Å². The number of aryl methyl sites for hydroxylation is 1. The van der Waals surface area contributed by atoms with E-state index in [4.69, 9.17) is 0 Å². The molecule has 0 aliphatic heterocycles. The lowest BCUT2D eigenvalue weighted by molar-refractivity contribution is 0.0824. The maximum absolute atomic E-state index is 12.3. The first-order valence-electron chi connectivity index (χ1n) is 6.13. The summed E-state index contributed by atoms with van der Waals surface area (Å²) in [6.07, 6.45) is 1.95. The van der Waals surface area contributed by atoms with E-state index >= 15 is 0 Å². The molecular weight excluding hydrogens is 316 g/mol. The van der Waals surface area contributed by atoms with Crippen LogP contribution in [0.15, 0.2) is 53.0 Å². The third kappa shape index (κ3) is 3.25. The summed E-state index contributed by atoms with van der Waals surface area (Å²) in [5.74, 6) is -0.289. The van der Waals surface area contributed by atoms with E-state index in [-0.39, 0.29) is 12.5 Å². The Kier molecular flexibility index (Phi) is 4.54. The second kappa shape index (κ2) is 6.36. The molecule has 100 valence electrons. The summed E-state index contributed by atoms with van der Waals surface area (Å²) < 4.78 is 0.886. The summed E-state index contributed by atoms with van der Waals surface area (Å²) in [4.78, 5) is 13.4. The zero-order valence-corrected chi connectivity index (χ0v) is 12.6. The summed E-state index contributed by atoms with van der Waals surface area (Å²) in [7, 11) is 0. The Hall–Kier alpha value is -2.12. The molecule has 20 heavy (non-hydrogen) atoms. The van der Waals surface area contributed by atoms with E-state index in [2.05, 4.69) is 15.9 Å². The van der Waals surface area contributed by atoms with E-state index in [1.54, 1.807) is 12.1 Å². The first-order chi connectivity index (χ1) is 9.61. The van der Waals surface area contributed by atoms with Crippen molar-refractivity contribution in [1.29, 1.82) is 5.26 Å². The Morgan fingerprint density at radius 1 is 1.20 bits per heavy atom. The van der Waals surface area contributed by atoms with Gasteiger partial charge in [0.25, 0.3) is 5.91 Å². The molecule has 1 amide bonds. The number of nitrogens with zero attached hydrogens (tertiary/aromatic N) is 2. The third-order valence-electron chi connectivity index (χ3n) is 2.95. The van der Waals surface area contributed by atoms with E-state index in [9.17, 15) is 10.1 Å². The van der Waals surface area contributed by atoms with Gasteiger partial charge < -0.3 is 0 Å². The lowest BCUT2D eigenvalue weighted by atomic mass is 10.1. The predicted octanol–water partition coefficient (Wildman–Crippen LogP) is 3.88. The number of rotatable bonds is 3. The van der Waals surface area contributed by atoms with Gasteiger partial charge in [0, 0.05) is 10.0 Å². The van der Waals surface area contributed by atoms with Crippen LogP contribution in [0.4, 0.5) is 0 Å². The van der Waals surface area contributed by atoms with Crippen molar-refractivity contribution in [2.45, 2.75) is 13.5 Å². The molecule has 0 heterocycles. The zero-order chi connectivity index (χ0) is 14.5. The van der Waals surface area contributed by atoms with Gasteiger partial charge in [-0.1, -0.05) is 51.8 Å². The highest BCUT2D eigenvalue weighted by Gasteiger charge is 2.16. The van der Waals surface area contributed by atoms with E-state index < -0.39 is 0 Å². The van der Waals surface area contributed by atoms with Gasteiger partial charge >= 0.3 is 0 Å². The molecule has 0 bridgehead atoms. The summed E-state index contributed by atoms with van der Waals surface area (Å²) in [5, 5.41) is 9.20. The van der Waals surface area contributed by atoms with E-state index in [0.717, 1.165) is 20.5 Å². The Morgan fingerprint density at radius 2 is 1.85 bits per heavy atom. The summed E-state index contributed by atoms with van der Waals surface area (Å²) in [5.41, 5.74) is 2.49. The van der Waals surface area contributed by atoms with Gasteiger partial charge in [0.2, 0.25) is 0 Å². The highest BCUT2D eigenvalue weighted by molar-refractivity contribution is 9.10. The van der Waals surface area contributed by atoms with Gasteiger partial charge in [0.05, 0.1) is 6.54 Å². The van der Waals surface area contributed by atoms with Gasteiger partial charge in [0.15, 0.2) is 6.19 Å². The van der Waals surface area contributed by atoms with Crippen molar-refractivity contribution in [2.24, 2.45) is 0 Å². The van der Waals surface area contributed by atoms with Crippen LogP contribution in [0.1, 0.15) is 21.5 Å². The lowest BCUT2D eigenvalue weighted by Gasteiger charge is -2.15. The number of amides is 1. The fourth-order valence-corrected chi connectivity index (χ4v) is 2.21. The molecule has 2 rings (SSSR count). The molecule has 0 aromatic heterocycles. The first kappa shape index (κ1) is 14.3. The topological polar surface area (TPSA) is 44.1 Å². The summed E-state index contributed by atoms with van der Waals surface area (Å²) in [6, 6.07) is 14.8. The van der Waals surface area contributed by atoms with Crippen molar-refractivity contribution in [2.75, 3.05) is 0 Å². The van der Waals surface area contributed by atoms with Crippen molar-refractivity contribution in [3.8, 4) is 6.19 Å². The molecule has 0 N–H and O–H groups in total. The number of hydrogen-bond donors (Lipinski definition) is 0. The normalized spacial score (nSPS) is 9.85. The van der Waals surface area contributed by atoms with Gasteiger partial charge in [-0.05, 0) is 30.7 Å². The first-order valence-corrected chi connectivity index (χ1v) is 6.93. The average molecular weight is 329 g/mol. The van der Waals surface area contributed by atoms with E-state index in [1.165, 1.54) is 0 Å². The van der Waals surface area contributed by atoms with Crippen LogP contribution in [-0.4, -0.2) is 10.8 Å². The van der Waals surface area contributed by atoms with Gasteiger partial charge in [-0.3, -0.25) is 4.79 Å². The quantitative estimate of drug-likeness (QED) is 0.634. The third-order valence-corrected chi connectivity index (χ3v) is 3.72. The average Bonchev–Trinajstić information content (AvgIpc) is 2.46. The second-order valence-corrected chi connectivity index (χ2v) is 5.30. The fourth-order valence-electron chi connectivity index (χ4n) is 1.80. The molecule has 0 unspecified atom stereocenters. The minimum atomic E-state index is -0.289. The van der Waals surface area contributed by atoms with E-state index in [1.807, 2.05) is 49.5 Å². The molecule has 0 saturated carbocycles. The van der Waals surface area contributed by atoms with Crippen LogP contribution in [-0.2, 0) is 6.54 Å². The molecule has 0 aliphatic rings. The van der Waals surface area contributed by atoms with Gasteiger partial charge in [0.1, 0.15) is 0 Å². The van der Waals surface area contributed by atoms with Gasteiger partial charge in [-0.25, -0.2) is 4.90 Å². The molecular formula is C16H13BrN2O. The van der Waals surface area contributed by atoms with Crippen molar-refractivity contribution >= 4 is 21.8 Å². The Balaban J connectivity index is 2.21. The minimum absolute atomic E-state index is 0.255. The van der Waals surface area contributed by atoms with Crippen LogP contribution in [0.25, 0.3) is 0 Å². The molecule has 0 fully saturated rings. The largest absolute Gasteiger partial charge is 0.268 e. The molecule has 2 aromatic carbocycles. The van der Waals surface area contributed by atoms with Crippen LogP contribution in [0.5, 0.6) is 0 Å². The number of halogens is 1. The number of hydrogen-bond acceptors (Lipinski definition) is 2. The molecule has 4 heteroatoms. The van der Waals surface area contributed by atoms with Gasteiger partial charge in [-0.15, -0.1) is 0 Å². The Labute approximate surface area is 126 Å². The molecule has 2 aromatic rings. The van der Waals surface area contributed by atoms with Crippen molar-refractivity contribution in [3.63, 3.8) is 0 Å². The van der Waals surface area contributed by atoms with E-state index in [0.29, 0.717) is 5.56 Å². The maximum Gasteiger partial charge on any atom is 0.267 e. The minimum Gasteiger partial charge on any atom is -0.268 e. The van der Waals surface area contributed by atoms with Crippen molar-refractivity contribution in [1.82, 2.24) is 4.90 Å². The van der Waals surface area contributed by atoms with Crippen LogP contribution in [0, 0.1) is 18.4 Å². The molecule has 0 spiro atoms. The van der Waals surface area contributed by atoms with Gasteiger partial charge in [-0.2, -0.15) is 5.26 Å². The van der Waals surface area contributed by atoms with Crippen molar-refractivity contribution in [3.05, 3.63) is 69.7 Å². The zero-order valence-electron chi connectivity index (χ0n) is 11.0. The van der Waals surface area contributed by atoms with Crippen LogP contribution >= 0.6 is 15.9 Å². The number of carbonyl (C=O) groups excluding carboxylic acids is 1. The van der Waals surface area contributed by atoms with Crippen molar-refractivity contribution < 1.29 is 4.79 Å². The number of nitriles is 1. The molecule has 0 atom stereocenters. The molecule has 0 aliphatic carbocycles. The smallest absolute Gasteiger partial charge is 0.267 e. The summed E-state index contributed by atoms with van der Waals surface area (Å²) >= 11 is 3.42. The molecule has 0 saturated heterocycles. The maximum atomic E-state index is 12.3. The number of carbonyl (C=O) groups is 1. The number of benzene rings is 2. The highest BCUT2D eigenvalue weighted by atomic mass is 79.9. The second-order valence-electron chi connectivity index (χ2n) is 4.45. The fraction of sp³-hybridized carbons (Fsp3) is 0.125. The standard InChI is InChI=1S/C16H13BrN2O/c1-12-6-8-13(9-7-12)16(20)19(11-18)10-14-4-2-3-5-15(14)17/h2-9H,10H2,1H3. The Bertz CT molecular complexity index is 659. The monoisotopic (exact) mass is 328 g/mol. The lowest BCUT2D eigenvalue weighted by Crippen LogP contribution is -2.25. The molecule has 3 nitrogen and oxygen atoms in total. The van der Waals surface area contributed by atoms with Crippen LogP contribution in [0.3, 0.4) is 0 Å². The summed E-state index contributed by atoms with van der Waals surface area (Å²) in [6.45, 7) is 2.21.